The second-order valence-electron chi connectivity index (χ2n) is 27.6. The van der Waals surface area contributed by atoms with Gasteiger partial charge in [-0.05, 0) is 137 Å². The van der Waals surface area contributed by atoms with Crippen molar-refractivity contribution in [2.45, 2.75) is 204 Å². The van der Waals surface area contributed by atoms with Crippen LogP contribution in [0.1, 0.15) is 248 Å². The third-order valence-corrected chi connectivity index (χ3v) is 17.1. The minimum absolute atomic E-state index is 0. The van der Waals surface area contributed by atoms with Crippen molar-refractivity contribution < 1.29 is 54.0 Å². The number of nitrogens with zero attached hydrogens (tertiary/aromatic N) is 7. The Morgan fingerprint density at radius 2 is 1.02 bits per heavy atom. The predicted octanol–water partition coefficient (Wildman–Crippen LogP) is 14.5. The molecule has 21 heteroatoms. The molecule has 4 aliphatic rings. The molecule has 10 rings (SSSR count). The molecule has 488 valence electrons. The average Bonchev–Trinajstić information content (AvgIpc) is 1.68. The van der Waals surface area contributed by atoms with Crippen LogP contribution in [0.4, 0.5) is 11.6 Å². The van der Waals surface area contributed by atoms with Gasteiger partial charge in [0, 0.05) is 84.0 Å². The fraction of sp³-hybridized carbons (Fsp3) is 0.559. The number of anilines is 2. The van der Waals surface area contributed by atoms with Crippen molar-refractivity contribution in [1.82, 2.24) is 30.2 Å². The van der Waals surface area contributed by atoms with E-state index in [0.717, 1.165) is 61.0 Å². The number of aromatic carboxylic acids is 2. The molecule has 0 spiro atoms. The maximum atomic E-state index is 13.9. The molecule has 4 fully saturated rings. The minimum Gasteiger partial charge on any atom is -0.477 e. The van der Waals surface area contributed by atoms with Gasteiger partial charge in [-0.2, -0.15) is 0 Å². The summed E-state index contributed by atoms with van der Waals surface area (Å²) in [7, 11) is 1.30. The summed E-state index contributed by atoms with van der Waals surface area (Å²) in [4.78, 5) is 111. The van der Waals surface area contributed by atoms with E-state index in [-0.39, 0.29) is 94.1 Å². The Balaban J connectivity index is 0.000000369. The molecule has 0 unspecified atom stereocenters. The molecule has 0 atom stereocenters. The third-order valence-electron chi connectivity index (χ3n) is 17.1. The minimum atomic E-state index is -1.21. The Bertz CT molecular complexity index is 3520. The van der Waals surface area contributed by atoms with Crippen LogP contribution in [0.25, 0.3) is 22.2 Å². The highest BCUT2D eigenvalue weighted by Gasteiger charge is 2.47. The number of furan rings is 2. The molecule has 2 aliphatic carbocycles. The van der Waals surface area contributed by atoms with Gasteiger partial charge in [0.2, 0.25) is 11.7 Å². The van der Waals surface area contributed by atoms with Crippen molar-refractivity contribution >= 4 is 69.5 Å². The zero-order valence-corrected chi connectivity index (χ0v) is 52.4. The first-order valence-corrected chi connectivity index (χ1v) is 29.4. The highest BCUT2D eigenvalue weighted by atomic mass is 16.7. The van der Waals surface area contributed by atoms with Gasteiger partial charge in [0.1, 0.15) is 28.2 Å². The number of carboxylic acids is 2. The lowest BCUT2D eigenvalue weighted by Gasteiger charge is -2.45. The van der Waals surface area contributed by atoms with Gasteiger partial charge in [-0.1, -0.05) is 104 Å². The lowest BCUT2D eigenvalue weighted by atomic mass is 9.72. The fourth-order valence-corrected chi connectivity index (χ4v) is 11.6. The van der Waals surface area contributed by atoms with E-state index in [0.29, 0.717) is 63.8 Å². The zero-order valence-electron chi connectivity index (χ0n) is 52.4. The smallest absolute Gasteiger partial charge is 0.371 e. The summed E-state index contributed by atoms with van der Waals surface area (Å²) in [6.45, 7) is 30.7. The van der Waals surface area contributed by atoms with E-state index in [1.165, 1.54) is 35.8 Å². The number of aromatic nitrogens is 4. The van der Waals surface area contributed by atoms with Crippen LogP contribution in [-0.2, 0) is 25.2 Å². The van der Waals surface area contributed by atoms with Crippen LogP contribution >= 0.6 is 0 Å². The Morgan fingerprint density at radius 3 is 1.46 bits per heavy atom. The molecule has 0 aromatic carbocycles. The van der Waals surface area contributed by atoms with E-state index in [2.05, 4.69) is 101 Å². The molecule has 2 saturated heterocycles. The maximum absolute atomic E-state index is 13.9. The van der Waals surface area contributed by atoms with Crippen LogP contribution in [0.15, 0.2) is 69.5 Å². The molecule has 21 nitrogen and oxygen atoms in total. The van der Waals surface area contributed by atoms with Crippen LogP contribution in [0, 0.1) is 20.8 Å². The molecular weight excluding hydrogens is 1140 g/mol. The number of fused-ring (bicyclic) bond motifs is 2. The molecule has 0 bridgehead atoms. The Morgan fingerprint density at radius 1 is 0.596 bits per heavy atom. The highest BCUT2D eigenvalue weighted by Crippen LogP contribution is 2.46. The van der Waals surface area contributed by atoms with Gasteiger partial charge in [-0.3, -0.25) is 24.2 Å². The van der Waals surface area contributed by atoms with Crippen molar-refractivity contribution in [2.24, 2.45) is 10.8 Å². The van der Waals surface area contributed by atoms with Crippen LogP contribution in [0.2, 0.25) is 0 Å². The largest absolute Gasteiger partial charge is 0.477 e. The highest BCUT2D eigenvalue weighted by molar-refractivity contribution is 6.06. The van der Waals surface area contributed by atoms with Gasteiger partial charge in [0.15, 0.2) is 28.3 Å². The number of esters is 1. The third kappa shape index (κ3) is 16.5. The summed E-state index contributed by atoms with van der Waals surface area (Å²) < 4.78 is 16.5. The van der Waals surface area contributed by atoms with Crippen molar-refractivity contribution in [1.29, 1.82) is 0 Å². The van der Waals surface area contributed by atoms with Crippen molar-refractivity contribution in [3.8, 4) is 0 Å². The number of amides is 3. The summed E-state index contributed by atoms with van der Waals surface area (Å²) >= 11 is 0. The van der Waals surface area contributed by atoms with Gasteiger partial charge >= 0.3 is 17.9 Å². The van der Waals surface area contributed by atoms with Crippen LogP contribution < -0.4 is 15.1 Å². The number of rotatable bonds is 8. The van der Waals surface area contributed by atoms with Crippen LogP contribution in [-0.4, -0.2) is 115 Å². The Labute approximate surface area is 525 Å². The number of pyridine rings is 4. The van der Waals surface area contributed by atoms with Gasteiger partial charge in [-0.25, -0.2) is 34.3 Å². The molecule has 6 aromatic rings. The summed E-state index contributed by atoms with van der Waals surface area (Å²) in [6, 6.07) is 17.1. The number of carbonyl (C=O) groups is 6. The molecule has 2 aliphatic heterocycles. The summed E-state index contributed by atoms with van der Waals surface area (Å²) in [6.07, 6.45) is 9.16. The second kappa shape index (κ2) is 28.3. The van der Waals surface area contributed by atoms with Gasteiger partial charge < -0.3 is 34.0 Å². The number of carboxylic acid groups (broad SMARTS) is 2. The summed E-state index contributed by atoms with van der Waals surface area (Å²) in [5.41, 5.74) is 5.39. The first-order chi connectivity index (χ1) is 40.1. The topological polar surface area (TPSA) is 286 Å². The van der Waals surface area contributed by atoms with Crippen LogP contribution in [0.5, 0.6) is 0 Å². The Hall–Kier alpha value is -7.94. The molecule has 3 N–H and O–H groups in total. The van der Waals surface area contributed by atoms with Crippen molar-refractivity contribution in [3.05, 3.63) is 116 Å². The monoisotopic (exact) mass is 1230 g/mol. The quantitative estimate of drug-likeness (QED) is 0.119. The SMILES string of the molecule is C.C.C.CC1(C)CCC(c2cc(C(C)(C)C)c3oc(C(=O)N4CCN(c5cccc(C(=O)O)n5)C(=O)C4(C)C)cc3n2)CC1.CC1(C)CCC(c2cc(C(C)(C)C)c3oc(C(=O)O)cc3n2)CC1.COC(=O)c1cccc(N2CCNC(C)(C)C2=O)n1.O=O.[HH]. The molecule has 0 radical (unpaired) electrons. The number of hydrogen-bond donors (Lipinski definition) is 3. The summed E-state index contributed by atoms with van der Waals surface area (Å²) in [5.74, 6) is -1.86. The number of ether oxygens (including phenoxy) is 1. The van der Waals surface area contributed by atoms with E-state index in [9.17, 15) is 39.0 Å². The second-order valence-corrected chi connectivity index (χ2v) is 27.6. The Kier molecular flexibility index (Phi) is 23.4. The molecule has 8 heterocycles. The van der Waals surface area contributed by atoms with Gasteiger partial charge in [-0.15, -0.1) is 0 Å². The van der Waals surface area contributed by atoms with E-state index in [4.69, 9.17) is 28.7 Å². The maximum Gasteiger partial charge on any atom is 0.371 e. The van der Waals surface area contributed by atoms with Gasteiger partial charge in [0.05, 0.1) is 12.6 Å². The van der Waals surface area contributed by atoms with E-state index < -0.39 is 29.0 Å². The molecule has 2 saturated carbocycles. The first kappa shape index (κ1) is 73.5. The number of piperazine rings is 2. The zero-order chi connectivity index (χ0) is 63.6. The number of hydrogen-bond acceptors (Lipinski definition) is 16. The lowest BCUT2D eigenvalue weighted by molar-refractivity contribution is -0.130. The molecular formula is C68H98N8O13. The average molecular weight is 1240 g/mol. The van der Waals surface area contributed by atoms with Crippen molar-refractivity contribution in [3.63, 3.8) is 0 Å². The van der Waals surface area contributed by atoms with Crippen molar-refractivity contribution in [2.75, 3.05) is 43.1 Å². The van der Waals surface area contributed by atoms with E-state index in [1.54, 1.807) is 61.2 Å². The lowest BCUT2D eigenvalue weighted by Crippen LogP contribution is -2.65. The van der Waals surface area contributed by atoms with Crippen LogP contribution in [0.3, 0.4) is 0 Å². The molecule has 3 amide bonds. The predicted molar refractivity (Wildman–Crippen MR) is 350 cm³/mol. The fourth-order valence-electron chi connectivity index (χ4n) is 11.6. The number of methoxy groups -OCH3 is 1. The van der Waals surface area contributed by atoms with Gasteiger partial charge in [0.25, 0.3) is 11.8 Å². The van der Waals surface area contributed by atoms with E-state index >= 15 is 0 Å². The first-order valence-electron chi connectivity index (χ1n) is 29.4. The standard InChI is InChI=1S/C32H40N4O5.C20H27NO3.C13H17N3O3.3CH4.O2.H2/c1-30(2,3)20-17-22(19-11-13-31(4,5)14-12-19)33-23-18-24(41-26(20)23)27(37)36-16-15-35(29(40)32(36,6)7)25-10-8-9-21(34-25)28(38)39;1-19(2,3)13-10-14(12-6-8-20(4,5)9-7-12)21-15-11-16(18(22)23)24-17(13)15;1-13(2)12(18)16(8-7-14-13)10-6-4-5-9(15-10)11(17)19-3;;;;1-2;/h8-10,17-19H,11-16H2,1-7H3,(H,38,39);10-12H,6-9H2,1-5H3,(H,22,23);4-6,14H,7-8H2,1-3H3;3*1H4;;1H. The van der Waals surface area contributed by atoms with E-state index in [1.807, 2.05) is 13.8 Å². The summed E-state index contributed by atoms with van der Waals surface area (Å²) in [5, 5.41) is 21.7. The normalized spacial score (nSPS) is 18.0. The molecule has 89 heavy (non-hydrogen) atoms. The number of carbonyl (C=O) groups excluding carboxylic acids is 4. The number of nitrogens with one attached hydrogen (secondary N) is 1. The molecule has 6 aromatic heterocycles.